The van der Waals surface area contributed by atoms with Gasteiger partial charge in [0.25, 0.3) is 0 Å². The van der Waals surface area contributed by atoms with E-state index < -0.39 is 21.8 Å². The van der Waals surface area contributed by atoms with Crippen LogP contribution < -0.4 is 10.0 Å². The molecule has 1 saturated heterocycles. The zero-order valence-corrected chi connectivity index (χ0v) is 21.2. The molecule has 198 valence electrons. The van der Waals surface area contributed by atoms with Crippen molar-refractivity contribution in [3.63, 3.8) is 0 Å². The van der Waals surface area contributed by atoms with E-state index in [1.165, 1.54) is 12.1 Å². The molecule has 0 radical (unpaired) electrons. The van der Waals surface area contributed by atoms with Crippen molar-refractivity contribution in [3.8, 4) is 11.3 Å². The minimum atomic E-state index is -4.47. The van der Waals surface area contributed by atoms with E-state index in [4.69, 9.17) is 4.74 Å². The molecular weight excluding hydrogens is 517 g/mol. The molecule has 2 heterocycles. The van der Waals surface area contributed by atoms with Crippen LogP contribution in [0.4, 0.5) is 24.7 Å². The monoisotopic (exact) mass is 542 g/mol. The number of rotatable bonds is 7. The van der Waals surface area contributed by atoms with E-state index in [0.29, 0.717) is 34.2 Å². The Morgan fingerprint density at radius 1 is 1.00 bits per heavy atom. The highest BCUT2D eigenvalue weighted by molar-refractivity contribution is 7.89. The molecule has 0 spiro atoms. The second-order valence-electron chi connectivity index (χ2n) is 9.11. The molecule has 11 heteroatoms. The lowest BCUT2D eigenvalue weighted by Gasteiger charge is -2.15. The van der Waals surface area contributed by atoms with Gasteiger partial charge in [-0.15, -0.1) is 10.2 Å². The first kappa shape index (κ1) is 26.1. The van der Waals surface area contributed by atoms with Gasteiger partial charge in [-0.25, -0.2) is 13.1 Å². The van der Waals surface area contributed by atoms with Crippen molar-refractivity contribution in [1.82, 2.24) is 14.9 Å². The number of benzene rings is 3. The highest BCUT2D eigenvalue weighted by Gasteiger charge is 2.30. The van der Waals surface area contributed by atoms with Crippen molar-refractivity contribution in [1.29, 1.82) is 0 Å². The maximum atomic E-state index is 13.2. The van der Waals surface area contributed by atoms with E-state index in [-0.39, 0.29) is 29.0 Å². The zero-order valence-electron chi connectivity index (χ0n) is 20.4. The molecule has 0 aliphatic carbocycles. The van der Waals surface area contributed by atoms with Crippen LogP contribution in [0, 0.1) is 6.92 Å². The first-order valence-electron chi connectivity index (χ1n) is 12.0. The predicted octanol–water partition coefficient (Wildman–Crippen LogP) is 5.82. The number of aromatic nitrogens is 2. The van der Waals surface area contributed by atoms with Gasteiger partial charge in [-0.05, 0) is 49.6 Å². The van der Waals surface area contributed by atoms with Crippen LogP contribution in [0.3, 0.4) is 0 Å². The third-order valence-corrected chi connectivity index (χ3v) is 7.98. The summed E-state index contributed by atoms with van der Waals surface area (Å²) in [5.74, 6) is 0.280. The molecule has 1 atom stereocenters. The Balaban J connectivity index is 1.49. The lowest BCUT2D eigenvalue weighted by Crippen LogP contribution is -2.32. The minimum Gasteiger partial charge on any atom is -0.377 e. The van der Waals surface area contributed by atoms with Gasteiger partial charge in [0.15, 0.2) is 5.82 Å². The number of nitrogens with zero attached hydrogens (tertiary/aromatic N) is 2. The Kier molecular flexibility index (Phi) is 7.08. The molecule has 7 nitrogen and oxygen atoms in total. The van der Waals surface area contributed by atoms with E-state index in [1.807, 2.05) is 0 Å². The Labute approximate surface area is 218 Å². The number of anilines is 2. The summed E-state index contributed by atoms with van der Waals surface area (Å²) in [6, 6.07) is 17.0. The molecule has 1 aliphatic heterocycles. The van der Waals surface area contributed by atoms with Crippen molar-refractivity contribution in [2.75, 3.05) is 18.5 Å². The summed E-state index contributed by atoms with van der Waals surface area (Å²) in [6.07, 6.45) is -2.90. The summed E-state index contributed by atoms with van der Waals surface area (Å²) in [5.41, 5.74) is 1.01. The average molecular weight is 543 g/mol. The van der Waals surface area contributed by atoms with Crippen LogP contribution in [0.2, 0.25) is 0 Å². The number of hydrogen-bond acceptors (Lipinski definition) is 6. The largest absolute Gasteiger partial charge is 0.416 e. The van der Waals surface area contributed by atoms with Gasteiger partial charge in [-0.3, -0.25) is 0 Å². The van der Waals surface area contributed by atoms with Crippen molar-refractivity contribution in [2.45, 2.75) is 36.9 Å². The second-order valence-corrected chi connectivity index (χ2v) is 10.8. The van der Waals surface area contributed by atoms with Crippen LogP contribution in [0.15, 0.2) is 71.6 Å². The molecule has 5 rings (SSSR count). The van der Waals surface area contributed by atoms with E-state index in [9.17, 15) is 21.6 Å². The molecule has 1 aliphatic rings. The average Bonchev–Trinajstić information content (AvgIpc) is 3.42. The normalized spacial score (nSPS) is 16.2. The fourth-order valence-corrected chi connectivity index (χ4v) is 5.78. The van der Waals surface area contributed by atoms with Crippen LogP contribution in [0.5, 0.6) is 0 Å². The standard InChI is InChI=1S/C27H25F3N4O3S/c1-17-11-12-18(14-24(17)38(35,36)31-16-21-8-5-13-37-21)25-22-9-2-3-10-23(22)26(34-33-25)32-20-7-4-6-19(15-20)27(28,29)30/h2-4,6-7,9-12,14-15,21,31H,5,8,13,16H2,1H3,(H,32,34)/t21-/m1/s1. The molecule has 0 saturated carbocycles. The molecule has 1 aromatic heterocycles. The summed E-state index contributed by atoms with van der Waals surface area (Å²) in [4.78, 5) is 0.130. The van der Waals surface area contributed by atoms with Gasteiger partial charge in [0.2, 0.25) is 10.0 Å². The summed E-state index contributed by atoms with van der Waals surface area (Å²) in [5, 5.41) is 12.8. The molecule has 4 aromatic rings. The number of halogens is 3. The number of ether oxygens (including phenoxy) is 1. The number of fused-ring (bicyclic) bond motifs is 1. The molecule has 2 N–H and O–H groups in total. The fourth-order valence-electron chi connectivity index (χ4n) is 4.44. The van der Waals surface area contributed by atoms with Gasteiger partial charge < -0.3 is 10.1 Å². The van der Waals surface area contributed by atoms with Crippen LogP contribution in [0.25, 0.3) is 22.0 Å². The van der Waals surface area contributed by atoms with Crippen LogP contribution >= 0.6 is 0 Å². The quantitative estimate of drug-likeness (QED) is 0.306. The van der Waals surface area contributed by atoms with Crippen LogP contribution in [-0.2, 0) is 20.9 Å². The molecule has 0 amide bonds. The Hall–Kier alpha value is -3.54. The second kappa shape index (κ2) is 10.3. The van der Waals surface area contributed by atoms with Crippen molar-refractivity contribution >= 4 is 32.3 Å². The zero-order chi connectivity index (χ0) is 26.9. The maximum Gasteiger partial charge on any atom is 0.416 e. The first-order valence-corrected chi connectivity index (χ1v) is 13.5. The van der Waals surface area contributed by atoms with Gasteiger partial charge in [0.05, 0.1) is 16.6 Å². The highest BCUT2D eigenvalue weighted by atomic mass is 32.2. The fraction of sp³-hybridized carbons (Fsp3) is 0.259. The third kappa shape index (κ3) is 5.50. The van der Waals surface area contributed by atoms with E-state index in [0.717, 1.165) is 25.0 Å². The topological polar surface area (TPSA) is 93.2 Å². The van der Waals surface area contributed by atoms with Crippen LogP contribution in [0.1, 0.15) is 24.0 Å². The Bertz CT molecular complexity index is 1590. The van der Waals surface area contributed by atoms with Gasteiger partial charge in [-0.2, -0.15) is 13.2 Å². The van der Waals surface area contributed by atoms with Crippen molar-refractivity contribution < 1.29 is 26.3 Å². The number of aryl methyl sites for hydroxylation is 1. The van der Waals surface area contributed by atoms with E-state index >= 15 is 0 Å². The third-order valence-electron chi connectivity index (χ3n) is 6.42. The molecule has 1 fully saturated rings. The summed E-state index contributed by atoms with van der Waals surface area (Å²) < 4.78 is 73.9. The number of sulfonamides is 1. The molecule has 0 bridgehead atoms. The summed E-state index contributed by atoms with van der Waals surface area (Å²) in [6.45, 7) is 2.55. The lowest BCUT2D eigenvalue weighted by molar-refractivity contribution is -0.137. The molecule has 38 heavy (non-hydrogen) atoms. The van der Waals surface area contributed by atoms with Crippen molar-refractivity contribution in [3.05, 3.63) is 77.9 Å². The van der Waals surface area contributed by atoms with Crippen molar-refractivity contribution in [2.24, 2.45) is 0 Å². The molecule has 3 aromatic carbocycles. The van der Waals surface area contributed by atoms with Crippen LogP contribution in [-0.4, -0.2) is 37.9 Å². The summed E-state index contributed by atoms with van der Waals surface area (Å²) >= 11 is 0. The number of hydrogen-bond donors (Lipinski definition) is 2. The first-order chi connectivity index (χ1) is 18.1. The Morgan fingerprint density at radius 2 is 1.79 bits per heavy atom. The summed E-state index contributed by atoms with van der Waals surface area (Å²) in [7, 11) is -3.81. The SMILES string of the molecule is Cc1ccc(-c2nnc(Nc3cccc(C(F)(F)F)c3)c3ccccc23)cc1S(=O)(=O)NC[C@H]1CCCO1. The van der Waals surface area contributed by atoms with E-state index in [2.05, 4.69) is 20.2 Å². The predicted molar refractivity (Wildman–Crippen MR) is 139 cm³/mol. The molecular formula is C27H25F3N4O3S. The number of nitrogens with one attached hydrogen (secondary N) is 2. The van der Waals surface area contributed by atoms with Gasteiger partial charge in [0.1, 0.15) is 5.69 Å². The highest BCUT2D eigenvalue weighted by Crippen LogP contribution is 2.34. The van der Waals surface area contributed by atoms with Gasteiger partial charge >= 0.3 is 6.18 Å². The lowest BCUT2D eigenvalue weighted by atomic mass is 10.0. The van der Waals surface area contributed by atoms with Gasteiger partial charge in [-0.1, -0.05) is 42.5 Å². The minimum absolute atomic E-state index is 0.130. The maximum absolute atomic E-state index is 13.2. The smallest absolute Gasteiger partial charge is 0.377 e. The Morgan fingerprint density at radius 3 is 2.53 bits per heavy atom. The van der Waals surface area contributed by atoms with E-state index in [1.54, 1.807) is 49.4 Å². The van der Waals surface area contributed by atoms with Gasteiger partial charge in [0, 0.05) is 35.2 Å². The number of alkyl halides is 3. The molecule has 0 unspecified atom stereocenters.